The fraction of sp³-hybridized carbons (Fsp3) is 0.167. The van der Waals surface area contributed by atoms with Crippen LogP contribution in [0.4, 0.5) is 5.69 Å². The molecule has 0 amide bonds. The highest BCUT2D eigenvalue weighted by molar-refractivity contribution is 7.92. The molecule has 25 heavy (non-hydrogen) atoms. The Balaban J connectivity index is 2.66. The van der Waals surface area contributed by atoms with E-state index in [1.165, 1.54) is 37.4 Å². The van der Waals surface area contributed by atoms with E-state index in [0.29, 0.717) is 11.3 Å². The number of ether oxygens (including phenoxy) is 1. The van der Waals surface area contributed by atoms with Crippen molar-refractivity contribution < 1.29 is 23.1 Å². The molecule has 0 heterocycles. The van der Waals surface area contributed by atoms with Gasteiger partial charge in [-0.25, -0.2) is 13.2 Å². The van der Waals surface area contributed by atoms with Crippen LogP contribution in [0.3, 0.4) is 0 Å². The fourth-order valence-electron chi connectivity index (χ4n) is 2.40. The van der Waals surface area contributed by atoms with Gasteiger partial charge in [0.25, 0.3) is 10.0 Å². The first-order valence-corrected chi connectivity index (χ1v) is 8.70. The lowest BCUT2D eigenvalue weighted by atomic mass is 10.1. The van der Waals surface area contributed by atoms with Crippen LogP contribution in [0.2, 0.25) is 0 Å². The average Bonchev–Trinajstić information content (AvgIpc) is 2.59. The van der Waals surface area contributed by atoms with Gasteiger partial charge in [0.1, 0.15) is 5.75 Å². The number of nitrogens with zero attached hydrogens (tertiary/aromatic N) is 1. The van der Waals surface area contributed by atoms with E-state index in [1.54, 1.807) is 19.1 Å². The lowest BCUT2D eigenvalue weighted by Crippen LogP contribution is -2.33. The zero-order valence-corrected chi connectivity index (χ0v) is 14.6. The van der Waals surface area contributed by atoms with Crippen LogP contribution in [-0.2, 0) is 10.0 Å². The minimum absolute atomic E-state index is 0.0110. The molecule has 0 aliphatic carbocycles. The smallest absolute Gasteiger partial charge is 0.337 e. The molecular weight excluding hydrogens is 342 g/mol. The number of methoxy groups -OCH3 is 1. The topological polar surface area (TPSA) is 83.9 Å². The maximum absolute atomic E-state index is 13.0. The highest BCUT2D eigenvalue weighted by atomic mass is 32.2. The van der Waals surface area contributed by atoms with Crippen molar-refractivity contribution in [3.8, 4) is 18.1 Å². The maximum Gasteiger partial charge on any atom is 0.337 e. The van der Waals surface area contributed by atoms with Crippen molar-refractivity contribution in [1.29, 1.82) is 0 Å². The van der Waals surface area contributed by atoms with Crippen LogP contribution in [0.15, 0.2) is 47.4 Å². The molecule has 130 valence electrons. The number of anilines is 1. The van der Waals surface area contributed by atoms with Crippen molar-refractivity contribution in [1.82, 2.24) is 0 Å². The van der Waals surface area contributed by atoms with Crippen molar-refractivity contribution >= 4 is 21.7 Å². The lowest BCUT2D eigenvalue weighted by Gasteiger charge is -2.25. The number of sulfonamides is 1. The number of benzene rings is 2. The quantitative estimate of drug-likeness (QED) is 0.801. The number of hydrogen-bond acceptors (Lipinski definition) is 4. The summed E-state index contributed by atoms with van der Waals surface area (Å²) in [6.45, 7) is 1.34. The molecule has 0 aromatic heterocycles. The SMILES string of the molecule is C#CCN(c1c(C)cccc1C(=O)O)S(=O)(=O)c1ccc(OC)cc1. The van der Waals surface area contributed by atoms with Crippen LogP contribution in [0.5, 0.6) is 5.75 Å². The van der Waals surface area contributed by atoms with E-state index in [4.69, 9.17) is 11.2 Å². The van der Waals surface area contributed by atoms with Gasteiger partial charge in [0, 0.05) is 0 Å². The fourth-order valence-corrected chi connectivity index (χ4v) is 3.87. The second-order valence-corrected chi connectivity index (χ2v) is 7.03. The molecule has 0 saturated carbocycles. The van der Waals surface area contributed by atoms with Crippen LogP contribution in [0.1, 0.15) is 15.9 Å². The normalized spacial score (nSPS) is 10.8. The summed E-state index contributed by atoms with van der Waals surface area (Å²) in [5.41, 5.74) is 0.420. The number of aromatic carboxylic acids is 1. The molecule has 7 heteroatoms. The molecule has 0 aliphatic rings. The van der Waals surface area contributed by atoms with Crippen LogP contribution in [-0.4, -0.2) is 33.1 Å². The third-order valence-corrected chi connectivity index (χ3v) is 5.36. The second-order valence-electron chi connectivity index (χ2n) is 5.17. The van der Waals surface area contributed by atoms with Gasteiger partial charge in [-0.05, 0) is 42.8 Å². The predicted octanol–water partition coefficient (Wildman–Crippen LogP) is 2.53. The van der Waals surface area contributed by atoms with Crippen LogP contribution < -0.4 is 9.04 Å². The van der Waals surface area contributed by atoms with Gasteiger partial charge in [-0.15, -0.1) is 6.42 Å². The van der Waals surface area contributed by atoms with Gasteiger partial charge in [0.05, 0.1) is 29.8 Å². The van der Waals surface area contributed by atoms with Crippen molar-refractivity contribution in [2.45, 2.75) is 11.8 Å². The molecule has 0 spiro atoms. The Morgan fingerprint density at radius 1 is 1.24 bits per heavy atom. The molecule has 2 aromatic carbocycles. The molecular formula is C18H17NO5S. The van der Waals surface area contributed by atoms with Crippen molar-refractivity contribution in [3.05, 3.63) is 53.6 Å². The monoisotopic (exact) mass is 359 g/mol. The number of para-hydroxylation sites is 1. The van der Waals surface area contributed by atoms with Crippen LogP contribution >= 0.6 is 0 Å². The number of carbonyl (C=O) groups is 1. The molecule has 2 rings (SSSR count). The van der Waals surface area contributed by atoms with Gasteiger partial charge in [0.2, 0.25) is 0 Å². The number of aryl methyl sites for hydroxylation is 1. The van der Waals surface area contributed by atoms with Crippen molar-refractivity contribution in [2.75, 3.05) is 18.0 Å². The minimum Gasteiger partial charge on any atom is -0.497 e. The summed E-state index contributed by atoms with van der Waals surface area (Å²) in [4.78, 5) is 11.5. The number of carboxylic acid groups (broad SMARTS) is 1. The van der Waals surface area contributed by atoms with E-state index < -0.39 is 16.0 Å². The van der Waals surface area contributed by atoms with E-state index in [9.17, 15) is 18.3 Å². The first-order chi connectivity index (χ1) is 11.8. The van der Waals surface area contributed by atoms with Gasteiger partial charge in [-0.3, -0.25) is 4.31 Å². The summed E-state index contributed by atoms with van der Waals surface area (Å²) in [7, 11) is -2.57. The van der Waals surface area contributed by atoms with Crippen LogP contribution in [0.25, 0.3) is 0 Å². The first-order valence-electron chi connectivity index (χ1n) is 7.26. The number of rotatable bonds is 6. The first kappa shape index (κ1) is 18.4. The molecule has 0 aliphatic heterocycles. The third-order valence-electron chi connectivity index (χ3n) is 3.60. The summed E-state index contributed by atoms with van der Waals surface area (Å²) in [6, 6.07) is 10.3. The zero-order chi connectivity index (χ0) is 18.6. The standard InChI is InChI=1S/C18H17NO5S/c1-4-12-19(17-13(2)6-5-7-16(17)18(20)21)25(22,23)15-10-8-14(24-3)9-11-15/h1,5-11H,12H2,2-3H3,(H,20,21). The largest absolute Gasteiger partial charge is 0.497 e. The maximum atomic E-state index is 13.0. The van der Waals surface area contributed by atoms with E-state index in [1.807, 2.05) is 0 Å². The van der Waals surface area contributed by atoms with Crippen molar-refractivity contribution in [3.63, 3.8) is 0 Å². The van der Waals surface area contributed by atoms with Crippen LogP contribution in [0, 0.1) is 19.3 Å². The van der Waals surface area contributed by atoms with Gasteiger partial charge in [-0.1, -0.05) is 18.1 Å². The molecule has 2 aromatic rings. The molecule has 0 unspecified atom stereocenters. The molecule has 0 radical (unpaired) electrons. The summed E-state index contributed by atoms with van der Waals surface area (Å²) in [5.74, 6) is 1.56. The van der Waals surface area contributed by atoms with E-state index in [-0.39, 0.29) is 22.7 Å². The zero-order valence-electron chi connectivity index (χ0n) is 13.8. The van der Waals surface area contributed by atoms with E-state index in [0.717, 1.165) is 4.31 Å². The number of terminal acetylenes is 1. The van der Waals surface area contributed by atoms with Gasteiger partial charge in [0.15, 0.2) is 0 Å². The Hall–Kier alpha value is -2.98. The van der Waals surface area contributed by atoms with Gasteiger partial charge < -0.3 is 9.84 Å². The molecule has 0 bridgehead atoms. The third kappa shape index (κ3) is 3.59. The predicted molar refractivity (Wildman–Crippen MR) is 94.5 cm³/mol. The average molecular weight is 359 g/mol. The second kappa shape index (κ2) is 7.28. The molecule has 1 N–H and O–H groups in total. The van der Waals surface area contributed by atoms with E-state index >= 15 is 0 Å². The highest BCUT2D eigenvalue weighted by Crippen LogP contribution is 2.31. The molecule has 0 fully saturated rings. The Morgan fingerprint density at radius 2 is 1.88 bits per heavy atom. The molecule has 6 nitrogen and oxygen atoms in total. The molecule has 0 atom stereocenters. The summed E-state index contributed by atoms with van der Waals surface area (Å²) in [5, 5.41) is 9.42. The van der Waals surface area contributed by atoms with Crippen molar-refractivity contribution in [2.24, 2.45) is 0 Å². The Labute approximate surface area is 146 Å². The summed E-state index contributed by atoms with van der Waals surface area (Å²) < 4.78 is 32.1. The van der Waals surface area contributed by atoms with E-state index in [2.05, 4.69) is 5.92 Å². The van der Waals surface area contributed by atoms with Gasteiger partial charge >= 0.3 is 5.97 Å². The summed E-state index contributed by atoms with van der Waals surface area (Å²) >= 11 is 0. The van der Waals surface area contributed by atoms with Gasteiger partial charge in [-0.2, -0.15) is 0 Å². The number of carboxylic acids is 1. The summed E-state index contributed by atoms with van der Waals surface area (Å²) in [6.07, 6.45) is 5.34. The lowest BCUT2D eigenvalue weighted by molar-refractivity contribution is 0.0697. The minimum atomic E-state index is -4.05. The Bertz CT molecular complexity index is 927. The Kier molecular flexibility index (Phi) is 5.35. The Morgan fingerprint density at radius 3 is 2.40 bits per heavy atom. The molecule has 0 saturated heterocycles. The number of hydrogen-bond donors (Lipinski definition) is 1. The highest BCUT2D eigenvalue weighted by Gasteiger charge is 2.29.